The Labute approximate surface area is 80.4 Å². The molecule has 1 aromatic carbocycles. The van der Waals surface area contributed by atoms with E-state index in [0.29, 0.717) is 0 Å². The fourth-order valence-electron chi connectivity index (χ4n) is 1.38. The van der Waals surface area contributed by atoms with Crippen LogP contribution >= 0.6 is 0 Å². The summed E-state index contributed by atoms with van der Waals surface area (Å²) < 4.78 is 0. The van der Waals surface area contributed by atoms with Gasteiger partial charge in [-0.1, -0.05) is 32.9 Å². The molecule has 0 amide bonds. The van der Waals surface area contributed by atoms with Gasteiger partial charge < -0.3 is 0 Å². The molecule has 1 radical (unpaired) electrons. The van der Waals surface area contributed by atoms with E-state index in [4.69, 9.17) is 0 Å². The van der Waals surface area contributed by atoms with Crippen molar-refractivity contribution in [2.24, 2.45) is 0 Å². The smallest absolute Gasteiger partial charge is 0.184 e. The van der Waals surface area contributed by atoms with E-state index in [2.05, 4.69) is 20.8 Å². The number of hydrogen-bond donors (Lipinski definition) is 0. The molecule has 0 spiro atoms. The molecule has 0 saturated carbocycles. The van der Waals surface area contributed by atoms with Gasteiger partial charge in [0.05, 0.1) is 0 Å². The second-order valence-electron chi connectivity index (χ2n) is 4.69. The van der Waals surface area contributed by atoms with Crippen molar-refractivity contribution in [3.8, 4) is 5.75 Å². The van der Waals surface area contributed by atoms with Gasteiger partial charge in [-0.05, 0) is 36.0 Å². The highest BCUT2D eigenvalue weighted by atomic mass is 16.3. The minimum Gasteiger partial charge on any atom is -0.289 e. The molecule has 0 N–H and O–H groups in total. The maximum absolute atomic E-state index is 11.4. The molecule has 0 aliphatic carbocycles. The van der Waals surface area contributed by atoms with Crippen LogP contribution in [-0.4, -0.2) is 0 Å². The molecule has 71 valence electrons. The van der Waals surface area contributed by atoms with E-state index >= 15 is 0 Å². The molecule has 0 unspecified atom stereocenters. The van der Waals surface area contributed by atoms with Crippen molar-refractivity contribution in [1.29, 1.82) is 0 Å². The SMILES string of the molecule is Cc1cc(C(C)(C)C)cc(C)c1[O]. The molecule has 0 aromatic heterocycles. The highest BCUT2D eigenvalue weighted by molar-refractivity contribution is 5.43. The molecule has 0 heterocycles. The molecule has 0 bridgehead atoms. The first-order valence-corrected chi connectivity index (χ1v) is 4.61. The highest BCUT2D eigenvalue weighted by Crippen LogP contribution is 2.30. The van der Waals surface area contributed by atoms with Crippen LogP contribution < -0.4 is 0 Å². The number of aryl methyl sites for hydroxylation is 2. The average Bonchev–Trinajstić information content (AvgIpc) is 1.97. The first kappa shape index (κ1) is 10.1. The molecule has 0 atom stereocenters. The van der Waals surface area contributed by atoms with Gasteiger partial charge in [0.25, 0.3) is 0 Å². The minimum atomic E-state index is 0.128. The number of hydrogen-bond acceptors (Lipinski definition) is 0. The summed E-state index contributed by atoms with van der Waals surface area (Å²) in [5, 5.41) is 11.4. The summed E-state index contributed by atoms with van der Waals surface area (Å²) in [5.41, 5.74) is 3.07. The average molecular weight is 177 g/mol. The summed E-state index contributed by atoms with van der Waals surface area (Å²) in [6.07, 6.45) is 0. The summed E-state index contributed by atoms with van der Waals surface area (Å²) in [6.45, 7) is 10.2. The predicted molar refractivity (Wildman–Crippen MR) is 54.7 cm³/mol. The van der Waals surface area contributed by atoms with Crippen LogP contribution in [0.3, 0.4) is 0 Å². The van der Waals surface area contributed by atoms with E-state index in [1.807, 2.05) is 26.0 Å². The van der Waals surface area contributed by atoms with Crippen molar-refractivity contribution in [2.75, 3.05) is 0 Å². The maximum atomic E-state index is 11.4. The molecule has 1 heteroatoms. The molecular weight excluding hydrogens is 160 g/mol. The van der Waals surface area contributed by atoms with Crippen LogP contribution in [0.2, 0.25) is 0 Å². The van der Waals surface area contributed by atoms with E-state index < -0.39 is 0 Å². The molecule has 1 nitrogen and oxygen atoms in total. The van der Waals surface area contributed by atoms with Crippen LogP contribution in [0.15, 0.2) is 12.1 Å². The highest BCUT2D eigenvalue weighted by Gasteiger charge is 2.16. The van der Waals surface area contributed by atoms with Crippen LogP contribution in [0.5, 0.6) is 5.75 Å². The summed E-state index contributed by atoms with van der Waals surface area (Å²) in [7, 11) is 0. The molecule has 13 heavy (non-hydrogen) atoms. The van der Waals surface area contributed by atoms with E-state index in [0.717, 1.165) is 11.1 Å². The van der Waals surface area contributed by atoms with Gasteiger partial charge >= 0.3 is 0 Å². The summed E-state index contributed by atoms with van der Waals surface area (Å²) in [6, 6.07) is 3.99. The molecule has 0 aliphatic rings. The lowest BCUT2D eigenvalue weighted by Crippen LogP contribution is -2.11. The van der Waals surface area contributed by atoms with Crippen molar-refractivity contribution in [2.45, 2.75) is 40.0 Å². The Bertz CT molecular complexity index is 295. The third-order valence-electron chi connectivity index (χ3n) is 2.33. The predicted octanol–water partition coefficient (Wildman–Crippen LogP) is 3.74. The standard InChI is InChI=1S/C12H17O/c1-8-6-10(12(3,4)5)7-9(2)11(8)13/h6-7H,1-5H3. The Hall–Kier alpha value is -0.980. The lowest BCUT2D eigenvalue weighted by atomic mass is 9.85. The van der Waals surface area contributed by atoms with Crippen LogP contribution in [0.1, 0.15) is 37.5 Å². The van der Waals surface area contributed by atoms with Crippen molar-refractivity contribution in [3.63, 3.8) is 0 Å². The quantitative estimate of drug-likeness (QED) is 0.575. The molecular formula is C12H17O. The first-order valence-electron chi connectivity index (χ1n) is 4.61. The maximum Gasteiger partial charge on any atom is 0.184 e. The molecule has 0 saturated heterocycles. The van der Waals surface area contributed by atoms with E-state index in [9.17, 15) is 5.11 Å². The number of rotatable bonds is 0. The fraction of sp³-hybridized carbons (Fsp3) is 0.500. The minimum absolute atomic E-state index is 0.128. The van der Waals surface area contributed by atoms with Gasteiger partial charge in [0.2, 0.25) is 0 Å². The molecule has 1 rings (SSSR count). The monoisotopic (exact) mass is 177 g/mol. The van der Waals surface area contributed by atoms with E-state index in [1.54, 1.807) is 0 Å². The number of benzene rings is 1. The largest absolute Gasteiger partial charge is 0.289 e. The van der Waals surface area contributed by atoms with Gasteiger partial charge in [0.15, 0.2) is 5.75 Å². The first-order chi connectivity index (χ1) is 5.82. The Morgan fingerprint density at radius 2 is 1.38 bits per heavy atom. The fourth-order valence-corrected chi connectivity index (χ4v) is 1.38. The van der Waals surface area contributed by atoms with Gasteiger partial charge in [0.1, 0.15) is 0 Å². The Balaban J connectivity index is 3.29. The second-order valence-corrected chi connectivity index (χ2v) is 4.69. The lowest BCUT2D eigenvalue weighted by molar-refractivity contribution is 0.348. The topological polar surface area (TPSA) is 19.9 Å². The van der Waals surface area contributed by atoms with Gasteiger partial charge in [-0.15, -0.1) is 0 Å². The summed E-state index contributed by atoms with van der Waals surface area (Å²) >= 11 is 0. The molecule has 0 fully saturated rings. The van der Waals surface area contributed by atoms with E-state index in [-0.39, 0.29) is 11.2 Å². The van der Waals surface area contributed by atoms with Crippen LogP contribution in [0.4, 0.5) is 0 Å². The van der Waals surface area contributed by atoms with Crippen LogP contribution in [-0.2, 0) is 10.5 Å². The third kappa shape index (κ3) is 2.03. The van der Waals surface area contributed by atoms with E-state index in [1.165, 1.54) is 5.56 Å². The molecule has 0 aliphatic heterocycles. The Morgan fingerprint density at radius 1 is 1.00 bits per heavy atom. The van der Waals surface area contributed by atoms with Crippen molar-refractivity contribution >= 4 is 0 Å². The van der Waals surface area contributed by atoms with Gasteiger partial charge in [-0.25, -0.2) is 0 Å². The molecule has 1 aromatic rings. The van der Waals surface area contributed by atoms with Gasteiger partial charge in [0, 0.05) is 0 Å². The van der Waals surface area contributed by atoms with Crippen molar-refractivity contribution in [1.82, 2.24) is 0 Å². The normalized spacial score (nSPS) is 11.8. The summed E-state index contributed by atoms with van der Waals surface area (Å²) in [4.78, 5) is 0. The zero-order chi connectivity index (χ0) is 10.2. The van der Waals surface area contributed by atoms with Crippen LogP contribution in [0, 0.1) is 13.8 Å². The second kappa shape index (κ2) is 3.06. The van der Waals surface area contributed by atoms with Crippen molar-refractivity contribution < 1.29 is 5.11 Å². The summed E-state index contributed by atoms with van der Waals surface area (Å²) in [5.74, 6) is 0.174. The zero-order valence-corrected chi connectivity index (χ0v) is 9.06. The lowest BCUT2D eigenvalue weighted by Gasteiger charge is -2.20. The zero-order valence-electron chi connectivity index (χ0n) is 9.06. The van der Waals surface area contributed by atoms with Crippen LogP contribution in [0.25, 0.3) is 0 Å². The van der Waals surface area contributed by atoms with Crippen molar-refractivity contribution in [3.05, 3.63) is 28.8 Å². The third-order valence-corrected chi connectivity index (χ3v) is 2.33. The Morgan fingerprint density at radius 3 is 1.69 bits per heavy atom. The van der Waals surface area contributed by atoms with Gasteiger partial charge in [-0.2, -0.15) is 0 Å². The Kier molecular flexibility index (Phi) is 2.38. The van der Waals surface area contributed by atoms with Gasteiger partial charge in [-0.3, -0.25) is 5.11 Å².